The molecule has 0 amide bonds. The maximum absolute atomic E-state index is 2.47. The molecule has 0 bridgehead atoms. The van der Waals surface area contributed by atoms with E-state index in [0.717, 1.165) is 0 Å². The first-order valence-electron chi connectivity index (χ1n) is 19.5. The summed E-state index contributed by atoms with van der Waals surface area (Å²) in [4.78, 5) is 4.93. The molecule has 268 valence electrons. The van der Waals surface area contributed by atoms with Gasteiger partial charge < -0.3 is 9.80 Å². The normalized spacial score (nSPS) is 15.4. The average Bonchev–Trinajstić information content (AvgIpc) is 3.76. The lowest BCUT2D eigenvalue weighted by atomic mass is 9.73. The fourth-order valence-electron chi connectivity index (χ4n) is 10.1. The molecule has 12 rings (SSSR count). The van der Waals surface area contributed by atoms with Gasteiger partial charge in [-0.15, -0.1) is 22.7 Å². The van der Waals surface area contributed by atoms with Crippen molar-refractivity contribution in [1.82, 2.24) is 0 Å². The Labute approximate surface area is 334 Å². The van der Waals surface area contributed by atoms with Crippen LogP contribution in [-0.2, 0) is 10.8 Å². The lowest BCUT2D eigenvalue weighted by molar-refractivity contribution is 0.639. The molecule has 10 aromatic rings. The number of para-hydroxylation sites is 4. The molecule has 0 aliphatic carbocycles. The van der Waals surface area contributed by atoms with E-state index in [1.54, 1.807) is 0 Å². The van der Waals surface area contributed by atoms with Gasteiger partial charge in [0, 0.05) is 73.7 Å². The molecule has 0 fully saturated rings. The lowest BCUT2D eigenvalue weighted by Gasteiger charge is -2.42. The molecule has 8 aromatic carbocycles. The van der Waals surface area contributed by atoms with Gasteiger partial charge in [0.1, 0.15) is 0 Å². The Bertz CT molecular complexity index is 3040. The van der Waals surface area contributed by atoms with Crippen LogP contribution in [-0.4, -0.2) is 0 Å². The van der Waals surface area contributed by atoms with Gasteiger partial charge in [0.2, 0.25) is 0 Å². The Morgan fingerprint density at radius 3 is 1.20 bits per heavy atom. The maximum Gasteiger partial charge on any atom is 0.0517 e. The summed E-state index contributed by atoms with van der Waals surface area (Å²) in [6.45, 7) is 9.63. The molecular weight excluding hydrogens is 717 g/mol. The molecular formula is C52H38N2S2. The second-order valence-corrected chi connectivity index (χ2v) is 18.7. The van der Waals surface area contributed by atoms with E-state index in [-0.39, 0.29) is 10.8 Å². The molecule has 2 aliphatic heterocycles. The molecule has 0 saturated carbocycles. The summed E-state index contributed by atoms with van der Waals surface area (Å²) in [5.41, 5.74) is 12.7. The van der Waals surface area contributed by atoms with Crippen molar-refractivity contribution in [2.24, 2.45) is 0 Å². The van der Waals surface area contributed by atoms with Crippen molar-refractivity contribution >= 4 is 108 Å². The number of hydrogen-bond acceptors (Lipinski definition) is 4. The summed E-state index contributed by atoms with van der Waals surface area (Å²) in [6.07, 6.45) is 0. The molecule has 2 aliphatic rings. The Balaban J connectivity index is 1.07. The molecule has 2 nitrogen and oxygen atoms in total. The second kappa shape index (κ2) is 11.3. The summed E-state index contributed by atoms with van der Waals surface area (Å²) < 4.78 is 5.46. The monoisotopic (exact) mass is 754 g/mol. The summed E-state index contributed by atoms with van der Waals surface area (Å²) in [5, 5.41) is 7.98. The van der Waals surface area contributed by atoms with Crippen molar-refractivity contribution < 1.29 is 0 Å². The van der Waals surface area contributed by atoms with Gasteiger partial charge in [0.15, 0.2) is 0 Å². The van der Waals surface area contributed by atoms with Gasteiger partial charge in [-0.05, 0) is 94.7 Å². The van der Waals surface area contributed by atoms with Gasteiger partial charge in [-0.25, -0.2) is 0 Å². The number of benzene rings is 8. The summed E-state index contributed by atoms with van der Waals surface area (Å²) in [5.74, 6) is 0. The summed E-state index contributed by atoms with van der Waals surface area (Å²) in [6, 6.07) is 58.9. The van der Waals surface area contributed by atoms with Crippen LogP contribution in [0.3, 0.4) is 0 Å². The minimum absolute atomic E-state index is 0.165. The molecule has 4 heteroatoms. The minimum atomic E-state index is -0.165. The van der Waals surface area contributed by atoms with E-state index in [1.807, 2.05) is 22.7 Å². The molecule has 0 atom stereocenters. The molecule has 0 saturated heterocycles. The van der Waals surface area contributed by atoms with Crippen LogP contribution in [0.15, 0.2) is 158 Å². The van der Waals surface area contributed by atoms with Crippen LogP contribution in [0.4, 0.5) is 34.1 Å². The van der Waals surface area contributed by atoms with Crippen LogP contribution in [0.5, 0.6) is 0 Å². The van der Waals surface area contributed by atoms with Crippen LogP contribution in [0.1, 0.15) is 49.9 Å². The van der Waals surface area contributed by atoms with Gasteiger partial charge in [-0.2, -0.15) is 0 Å². The van der Waals surface area contributed by atoms with Crippen LogP contribution < -0.4 is 9.80 Å². The first kappa shape index (κ1) is 32.3. The van der Waals surface area contributed by atoms with E-state index < -0.39 is 0 Å². The van der Waals surface area contributed by atoms with E-state index in [0.29, 0.717) is 0 Å². The number of fused-ring (bicyclic) bond motifs is 13. The maximum atomic E-state index is 2.47. The number of nitrogens with zero attached hydrogens (tertiary/aromatic N) is 2. The van der Waals surface area contributed by atoms with E-state index in [1.165, 1.54) is 107 Å². The molecule has 0 spiro atoms. The van der Waals surface area contributed by atoms with E-state index in [2.05, 4.69) is 195 Å². The number of anilines is 6. The van der Waals surface area contributed by atoms with Crippen molar-refractivity contribution in [3.63, 3.8) is 0 Å². The average molecular weight is 755 g/mol. The summed E-state index contributed by atoms with van der Waals surface area (Å²) in [7, 11) is 0. The number of rotatable bonds is 2. The first-order chi connectivity index (χ1) is 27.3. The predicted octanol–water partition coefficient (Wildman–Crippen LogP) is 15.8. The van der Waals surface area contributed by atoms with Crippen molar-refractivity contribution in [2.45, 2.75) is 38.5 Å². The third-order valence-corrected chi connectivity index (χ3v) is 15.1. The van der Waals surface area contributed by atoms with Crippen molar-refractivity contribution in [3.8, 4) is 0 Å². The zero-order chi connectivity index (χ0) is 37.5. The van der Waals surface area contributed by atoms with E-state index >= 15 is 0 Å². The summed E-state index contributed by atoms with van der Waals surface area (Å²) >= 11 is 3.91. The topological polar surface area (TPSA) is 6.48 Å². The molecule has 56 heavy (non-hydrogen) atoms. The number of hydrogen-bond donors (Lipinski definition) is 0. The first-order valence-corrected chi connectivity index (χ1v) is 21.1. The smallest absolute Gasteiger partial charge is 0.0517 e. The van der Waals surface area contributed by atoms with E-state index in [9.17, 15) is 0 Å². The van der Waals surface area contributed by atoms with E-state index in [4.69, 9.17) is 0 Å². The Hall–Kier alpha value is -5.94. The zero-order valence-corrected chi connectivity index (χ0v) is 33.4. The standard InChI is InChI=1S/C52H38N2S2/c1-51(2)39-19-11-13-21-41(39)53(33-15-7-5-8-16-33)43-25-23-35-37-27-31-30-46-38(28-32(31)29-45(37)55-49(35)47(43)51)36-24-26-44-48(50(36)56-46)52(3,4)40-20-12-14-22-42(40)54(44)34-17-9-6-10-18-34/h5-30H,1-4H3. The lowest BCUT2D eigenvalue weighted by Crippen LogP contribution is -2.30. The molecule has 0 unspecified atom stereocenters. The fraction of sp³-hybridized carbons (Fsp3) is 0.115. The highest BCUT2D eigenvalue weighted by atomic mass is 32.1. The van der Waals surface area contributed by atoms with Gasteiger partial charge >= 0.3 is 0 Å². The highest BCUT2D eigenvalue weighted by Crippen LogP contribution is 2.58. The predicted molar refractivity (Wildman–Crippen MR) is 243 cm³/mol. The third-order valence-electron chi connectivity index (χ3n) is 12.7. The molecule has 2 aromatic heterocycles. The van der Waals surface area contributed by atoms with Crippen molar-refractivity contribution in [3.05, 3.63) is 180 Å². The van der Waals surface area contributed by atoms with Gasteiger partial charge in [0.05, 0.1) is 22.7 Å². The quantitative estimate of drug-likeness (QED) is 0.173. The highest BCUT2D eigenvalue weighted by molar-refractivity contribution is 7.26. The highest BCUT2D eigenvalue weighted by Gasteiger charge is 2.40. The molecule has 0 N–H and O–H groups in total. The van der Waals surface area contributed by atoms with Gasteiger partial charge in [-0.3, -0.25) is 0 Å². The van der Waals surface area contributed by atoms with Crippen molar-refractivity contribution in [1.29, 1.82) is 0 Å². The Morgan fingerprint density at radius 1 is 0.375 bits per heavy atom. The largest absolute Gasteiger partial charge is 0.310 e. The molecule has 0 radical (unpaired) electrons. The SMILES string of the molecule is CC1(C)c2ccccc2N(c2ccccc2)c2ccc3c(sc4cc5cc6c(cc5cc43)sc3c4c(ccc36)N(c3ccccc3)c3ccccc3C4(C)C)c21. The van der Waals surface area contributed by atoms with Crippen LogP contribution in [0, 0.1) is 0 Å². The molecule has 4 heterocycles. The Kier molecular flexibility index (Phi) is 6.53. The van der Waals surface area contributed by atoms with Gasteiger partial charge in [0.25, 0.3) is 0 Å². The number of thiophene rings is 2. The van der Waals surface area contributed by atoms with Crippen molar-refractivity contribution in [2.75, 3.05) is 9.80 Å². The van der Waals surface area contributed by atoms with Gasteiger partial charge in [-0.1, -0.05) is 113 Å². The fourth-order valence-corrected chi connectivity index (χ4v) is 13.0. The third kappa shape index (κ3) is 4.26. The minimum Gasteiger partial charge on any atom is -0.310 e. The van der Waals surface area contributed by atoms with Crippen LogP contribution in [0.25, 0.3) is 51.1 Å². The van der Waals surface area contributed by atoms with Crippen LogP contribution >= 0.6 is 22.7 Å². The zero-order valence-electron chi connectivity index (χ0n) is 31.7. The Morgan fingerprint density at radius 2 is 0.768 bits per heavy atom. The second-order valence-electron chi connectivity index (χ2n) is 16.5. The van der Waals surface area contributed by atoms with Crippen LogP contribution in [0.2, 0.25) is 0 Å².